The Morgan fingerprint density at radius 2 is 1.87 bits per heavy atom. The molecule has 2 fully saturated rings. The van der Waals surface area contributed by atoms with Gasteiger partial charge >= 0.3 is 12.1 Å². The molecule has 0 aromatic carbocycles. The van der Waals surface area contributed by atoms with Crippen molar-refractivity contribution in [1.29, 1.82) is 0 Å². The molecule has 6 heteroatoms. The van der Waals surface area contributed by atoms with E-state index in [1.54, 1.807) is 4.90 Å². The number of hydrogen-bond donors (Lipinski definition) is 2. The Labute approximate surface area is 136 Å². The first-order chi connectivity index (χ1) is 10.8. The van der Waals surface area contributed by atoms with E-state index in [0.29, 0.717) is 19.0 Å². The summed E-state index contributed by atoms with van der Waals surface area (Å²) in [5.41, 5.74) is 0.810. The minimum absolute atomic E-state index is 0.0476. The summed E-state index contributed by atoms with van der Waals surface area (Å²) in [7, 11) is 0. The van der Waals surface area contributed by atoms with Gasteiger partial charge in [-0.05, 0) is 45.1 Å². The molecule has 0 spiro atoms. The van der Waals surface area contributed by atoms with Gasteiger partial charge in [0.25, 0.3) is 0 Å². The number of carbonyl (C=O) groups excluding carboxylic acids is 2. The van der Waals surface area contributed by atoms with Crippen molar-refractivity contribution in [3.63, 3.8) is 0 Å². The van der Waals surface area contributed by atoms with Gasteiger partial charge in [-0.1, -0.05) is 18.2 Å². The van der Waals surface area contributed by atoms with Crippen LogP contribution in [-0.2, 0) is 4.74 Å². The predicted molar refractivity (Wildman–Crippen MR) is 87.0 cm³/mol. The van der Waals surface area contributed by atoms with Crippen molar-refractivity contribution < 1.29 is 14.3 Å². The number of ether oxygens (including phenoxy) is 1. The van der Waals surface area contributed by atoms with Gasteiger partial charge in [0.15, 0.2) is 0 Å². The fourth-order valence-electron chi connectivity index (χ4n) is 3.31. The molecule has 0 bridgehead atoms. The SMILES string of the molecule is CC(C)(C)OC(=O)N1CCC(C2=C[C@@H]3NC(=O)N[C@H]3C=C2)CC1. The molecule has 0 radical (unpaired) electrons. The largest absolute Gasteiger partial charge is 0.444 e. The first-order valence-electron chi connectivity index (χ1n) is 8.27. The van der Waals surface area contributed by atoms with E-state index in [9.17, 15) is 9.59 Å². The molecular formula is C17H25N3O3. The summed E-state index contributed by atoms with van der Waals surface area (Å²) in [5, 5.41) is 5.79. The van der Waals surface area contributed by atoms with Crippen LogP contribution in [0, 0.1) is 5.92 Å². The highest BCUT2D eigenvalue weighted by atomic mass is 16.6. The molecule has 1 aliphatic carbocycles. The van der Waals surface area contributed by atoms with Crippen LogP contribution in [0.5, 0.6) is 0 Å². The van der Waals surface area contributed by atoms with Crippen LogP contribution in [0.2, 0.25) is 0 Å². The molecule has 0 aromatic heterocycles. The summed E-state index contributed by atoms with van der Waals surface area (Å²) < 4.78 is 5.43. The molecule has 2 saturated heterocycles. The number of fused-ring (bicyclic) bond motifs is 1. The van der Waals surface area contributed by atoms with E-state index < -0.39 is 5.60 Å². The number of rotatable bonds is 1. The number of carbonyl (C=O) groups is 2. The summed E-state index contributed by atoms with van der Waals surface area (Å²) in [6.07, 6.45) is 7.94. The number of nitrogens with one attached hydrogen (secondary N) is 2. The summed E-state index contributed by atoms with van der Waals surface area (Å²) in [6.45, 7) is 7.08. The highest BCUT2D eigenvalue weighted by Gasteiger charge is 2.33. The molecule has 0 unspecified atom stereocenters. The number of amides is 3. The second-order valence-electron chi connectivity index (χ2n) is 7.44. The third-order valence-corrected chi connectivity index (χ3v) is 4.47. The minimum atomic E-state index is -0.453. The third-order valence-electron chi connectivity index (χ3n) is 4.47. The Bertz CT molecular complexity index is 554. The molecule has 6 nitrogen and oxygen atoms in total. The van der Waals surface area contributed by atoms with Crippen molar-refractivity contribution in [1.82, 2.24) is 15.5 Å². The average Bonchev–Trinajstić information content (AvgIpc) is 2.84. The van der Waals surface area contributed by atoms with Gasteiger partial charge in [-0.25, -0.2) is 9.59 Å². The van der Waals surface area contributed by atoms with Crippen LogP contribution in [0.25, 0.3) is 0 Å². The Hall–Kier alpha value is -1.98. The lowest BCUT2D eigenvalue weighted by atomic mass is 9.84. The average molecular weight is 319 g/mol. The van der Waals surface area contributed by atoms with Crippen LogP contribution in [0.4, 0.5) is 9.59 Å². The molecule has 0 saturated carbocycles. The molecule has 3 aliphatic rings. The Kier molecular flexibility index (Phi) is 4.08. The molecule has 0 aromatic rings. The lowest BCUT2D eigenvalue weighted by Crippen LogP contribution is -2.42. The number of likely N-dealkylation sites (tertiary alicyclic amines) is 1. The fraction of sp³-hybridized carbons (Fsp3) is 0.647. The summed E-state index contributed by atoms with van der Waals surface area (Å²) in [4.78, 5) is 25.3. The zero-order valence-electron chi connectivity index (χ0n) is 14.0. The summed E-state index contributed by atoms with van der Waals surface area (Å²) in [5.74, 6) is 0.434. The van der Waals surface area contributed by atoms with E-state index in [-0.39, 0.29) is 24.2 Å². The van der Waals surface area contributed by atoms with Gasteiger partial charge in [-0.15, -0.1) is 0 Å². The quantitative estimate of drug-likeness (QED) is 0.778. The monoisotopic (exact) mass is 319 g/mol. The van der Waals surface area contributed by atoms with Crippen LogP contribution < -0.4 is 10.6 Å². The summed E-state index contributed by atoms with van der Waals surface area (Å²) >= 11 is 0. The van der Waals surface area contributed by atoms with Crippen molar-refractivity contribution in [2.75, 3.05) is 13.1 Å². The van der Waals surface area contributed by atoms with Crippen molar-refractivity contribution in [3.05, 3.63) is 23.8 Å². The zero-order valence-corrected chi connectivity index (χ0v) is 14.0. The lowest BCUT2D eigenvalue weighted by molar-refractivity contribution is 0.0195. The number of hydrogen-bond acceptors (Lipinski definition) is 3. The first kappa shape index (κ1) is 15.9. The van der Waals surface area contributed by atoms with Crippen LogP contribution in [-0.4, -0.2) is 47.8 Å². The van der Waals surface area contributed by atoms with Gasteiger partial charge in [0, 0.05) is 13.1 Å². The molecule has 2 atom stereocenters. The molecular weight excluding hydrogens is 294 g/mol. The van der Waals surface area contributed by atoms with Crippen LogP contribution in [0.3, 0.4) is 0 Å². The normalized spacial score (nSPS) is 27.9. The number of urea groups is 1. The number of allylic oxidation sites excluding steroid dienone is 2. The maximum absolute atomic E-state index is 12.1. The van der Waals surface area contributed by atoms with Gasteiger partial charge in [-0.3, -0.25) is 0 Å². The van der Waals surface area contributed by atoms with Gasteiger partial charge in [-0.2, -0.15) is 0 Å². The molecule has 3 rings (SSSR count). The Morgan fingerprint density at radius 1 is 1.22 bits per heavy atom. The number of nitrogens with zero attached hydrogens (tertiary/aromatic N) is 1. The topological polar surface area (TPSA) is 70.7 Å². The molecule has 126 valence electrons. The van der Waals surface area contributed by atoms with Crippen LogP contribution in [0.15, 0.2) is 23.8 Å². The van der Waals surface area contributed by atoms with Crippen molar-refractivity contribution in [2.45, 2.75) is 51.3 Å². The van der Waals surface area contributed by atoms with Gasteiger partial charge in [0.05, 0.1) is 12.1 Å². The molecule has 2 heterocycles. The number of piperidine rings is 1. The molecule has 3 amide bonds. The Balaban J connectivity index is 1.55. The third kappa shape index (κ3) is 3.68. The van der Waals surface area contributed by atoms with Crippen molar-refractivity contribution >= 4 is 12.1 Å². The van der Waals surface area contributed by atoms with E-state index in [1.165, 1.54) is 5.57 Å². The van der Waals surface area contributed by atoms with Crippen molar-refractivity contribution in [2.24, 2.45) is 5.92 Å². The Morgan fingerprint density at radius 3 is 2.52 bits per heavy atom. The van der Waals surface area contributed by atoms with E-state index >= 15 is 0 Å². The van der Waals surface area contributed by atoms with Gasteiger partial charge in [0.2, 0.25) is 0 Å². The van der Waals surface area contributed by atoms with E-state index in [4.69, 9.17) is 4.74 Å². The zero-order chi connectivity index (χ0) is 16.6. The van der Waals surface area contributed by atoms with Gasteiger partial charge < -0.3 is 20.3 Å². The standard InChI is InChI=1S/C17H25N3O3/c1-17(2,3)23-16(22)20-8-6-11(7-9-20)12-4-5-13-14(10-12)19-15(21)18-13/h4-5,10-11,13-14H,6-9H2,1-3H3,(H2,18,19,21)/t13-,14-/m0/s1. The second-order valence-corrected chi connectivity index (χ2v) is 7.44. The van der Waals surface area contributed by atoms with E-state index in [2.05, 4.69) is 28.9 Å². The minimum Gasteiger partial charge on any atom is -0.444 e. The maximum Gasteiger partial charge on any atom is 0.410 e. The summed E-state index contributed by atoms with van der Waals surface area (Å²) in [6, 6.07) is 0.00128. The molecule has 2 N–H and O–H groups in total. The maximum atomic E-state index is 12.1. The van der Waals surface area contributed by atoms with Crippen molar-refractivity contribution in [3.8, 4) is 0 Å². The first-order valence-corrected chi connectivity index (χ1v) is 8.27. The highest BCUT2D eigenvalue weighted by Crippen LogP contribution is 2.29. The predicted octanol–water partition coefficient (Wildman–Crippen LogP) is 2.18. The van der Waals surface area contributed by atoms with E-state index in [0.717, 1.165) is 12.8 Å². The van der Waals surface area contributed by atoms with Gasteiger partial charge in [0.1, 0.15) is 5.60 Å². The smallest absolute Gasteiger partial charge is 0.410 e. The van der Waals surface area contributed by atoms with Crippen LogP contribution in [0.1, 0.15) is 33.6 Å². The van der Waals surface area contributed by atoms with Crippen LogP contribution >= 0.6 is 0 Å². The lowest BCUT2D eigenvalue weighted by Gasteiger charge is -2.34. The molecule has 23 heavy (non-hydrogen) atoms. The van der Waals surface area contributed by atoms with E-state index in [1.807, 2.05) is 20.8 Å². The second kappa shape index (κ2) is 5.91. The highest BCUT2D eigenvalue weighted by molar-refractivity contribution is 5.78. The fourth-order valence-corrected chi connectivity index (χ4v) is 3.31. The molecule has 2 aliphatic heterocycles.